The first-order valence-corrected chi connectivity index (χ1v) is 8.78. The summed E-state index contributed by atoms with van der Waals surface area (Å²) in [6, 6.07) is 8.08. The van der Waals surface area contributed by atoms with Crippen LogP contribution in [-0.4, -0.2) is 33.6 Å². The van der Waals surface area contributed by atoms with Crippen LogP contribution in [0.5, 0.6) is 0 Å². The van der Waals surface area contributed by atoms with Crippen LogP contribution in [0.4, 0.5) is 0 Å². The number of aromatic nitrogens is 1. The Kier molecular flexibility index (Phi) is 4.77. The minimum absolute atomic E-state index is 0.0171. The van der Waals surface area contributed by atoms with Crippen molar-refractivity contribution in [2.45, 2.75) is 20.4 Å². The van der Waals surface area contributed by atoms with Crippen molar-refractivity contribution < 1.29 is 4.79 Å². The number of nitrogens with zero attached hydrogens (tertiary/aromatic N) is 3. The Labute approximate surface area is 146 Å². The molecule has 0 radical (unpaired) electrons. The summed E-state index contributed by atoms with van der Waals surface area (Å²) in [6.07, 6.45) is 9.43. The van der Waals surface area contributed by atoms with Crippen molar-refractivity contribution in [2.75, 3.05) is 13.1 Å². The number of thioether (sulfide) groups is 1. The fourth-order valence-electron chi connectivity index (χ4n) is 2.80. The largest absolute Gasteiger partial charge is 0.335 e. The highest BCUT2D eigenvalue weighted by Crippen LogP contribution is 2.34. The Morgan fingerprint density at radius 3 is 2.83 bits per heavy atom. The molecule has 1 aliphatic heterocycles. The second kappa shape index (κ2) is 6.98. The molecular weight excluding hydrogens is 318 g/mol. The van der Waals surface area contributed by atoms with E-state index in [1.165, 1.54) is 11.8 Å². The average molecular weight is 337 g/mol. The van der Waals surface area contributed by atoms with Crippen molar-refractivity contribution in [3.05, 3.63) is 40.9 Å². The van der Waals surface area contributed by atoms with Gasteiger partial charge in [0.1, 0.15) is 0 Å². The molecule has 1 saturated heterocycles. The van der Waals surface area contributed by atoms with Crippen LogP contribution < -0.4 is 0 Å². The highest BCUT2D eigenvalue weighted by Gasteiger charge is 2.32. The Morgan fingerprint density at radius 2 is 2.12 bits per heavy atom. The number of amidine groups is 1. The fourth-order valence-corrected chi connectivity index (χ4v) is 3.90. The highest BCUT2D eigenvalue weighted by molar-refractivity contribution is 8.18. The molecule has 2 aromatic rings. The molecule has 0 aliphatic carbocycles. The van der Waals surface area contributed by atoms with E-state index in [4.69, 9.17) is 6.42 Å². The van der Waals surface area contributed by atoms with Crippen LogP contribution in [0, 0.1) is 12.3 Å². The van der Waals surface area contributed by atoms with Crippen molar-refractivity contribution in [3.63, 3.8) is 0 Å². The Morgan fingerprint density at radius 1 is 1.33 bits per heavy atom. The van der Waals surface area contributed by atoms with Gasteiger partial charge in [-0.3, -0.25) is 14.7 Å². The number of benzene rings is 1. The van der Waals surface area contributed by atoms with Gasteiger partial charge in [0.25, 0.3) is 5.91 Å². The SMILES string of the molecule is C#CCn1cc(/C=C2/SC(=NCC)N(CC)C2=O)c2ccccc21. The van der Waals surface area contributed by atoms with E-state index in [1.807, 2.05) is 48.9 Å². The lowest BCUT2D eigenvalue weighted by Gasteiger charge is -2.11. The Bertz CT molecular complexity index is 886. The van der Waals surface area contributed by atoms with Gasteiger partial charge in [-0.25, -0.2) is 0 Å². The van der Waals surface area contributed by atoms with Crippen LogP contribution >= 0.6 is 11.8 Å². The molecule has 0 saturated carbocycles. The summed E-state index contributed by atoms with van der Waals surface area (Å²) in [7, 11) is 0. The molecule has 122 valence electrons. The predicted octanol–water partition coefficient (Wildman–Crippen LogP) is 3.59. The Hall–Kier alpha value is -2.45. The van der Waals surface area contributed by atoms with Crippen LogP contribution in [0.15, 0.2) is 40.4 Å². The van der Waals surface area contributed by atoms with Crippen LogP contribution in [-0.2, 0) is 11.3 Å². The monoisotopic (exact) mass is 337 g/mol. The zero-order chi connectivity index (χ0) is 17.1. The molecule has 1 amide bonds. The third-order valence-electron chi connectivity index (χ3n) is 3.87. The predicted molar refractivity (Wildman–Crippen MR) is 102 cm³/mol. The second-order valence-electron chi connectivity index (χ2n) is 5.35. The molecule has 0 N–H and O–H groups in total. The summed E-state index contributed by atoms with van der Waals surface area (Å²) < 4.78 is 2.03. The van der Waals surface area contributed by atoms with Crippen LogP contribution in [0.3, 0.4) is 0 Å². The van der Waals surface area contributed by atoms with Gasteiger partial charge in [0.15, 0.2) is 5.17 Å². The molecule has 1 aromatic carbocycles. The first kappa shape index (κ1) is 16.4. The molecule has 5 heteroatoms. The van der Waals surface area contributed by atoms with Gasteiger partial charge >= 0.3 is 0 Å². The maximum absolute atomic E-state index is 12.6. The fraction of sp³-hybridized carbons (Fsp3) is 0.263. The van der Waals surface area contributed by atoms with Crippen molar-refractivity contribution in [2.24, 2.45) is 4.99 Å². The number of para-hydroxylation sites is 1. The standard InChI is InChI=1S/C19H19N3OS/c1-4-11-21-13-14(15-9-7-8-10-16(15)21)12-17-18(23)22(6-3)19(24-17)20-5-2/h1,7-10,12-13H,5-6,11H2,2-3H3/b17-12+,20-19?. The average Bonchev–Trinajstić information content (AvgIpc) is 3.08. The molecule has 1 aromatic heterocycles. The normalized spacial score (nSPS) is 18.0. The number of amides is 1. The second-order valence-corrected chi connectivity index (χ2v) is 6.36. The summed E-state index contributed by atoms with van der Waals surface area (Å²) >= 11 is 1.44. The summed E-state index contributed by atoms with van der Waals surface area (Å²) in [4.78, 5) is 19.5. The van der Waals surface area contributed by atoms with Crippen molar-refractivity contribution in [3.8, 4) is 12.3 Å². The first-order valence-electron chi connectivity index (χ1n) is 7.96. The number of rotatable bonds is 4. The highest BCUT2D eigenvalue weighted by atomic mass is 32.2. The van der Waals surface area contributed by atoms with E-state index in [-0.39, 0.29) is 5.91 Å². The number of hydrogen-bond acceptors (Lipinski definition) is 3. The number of carbonyl (C=O) groups is 1. The van der Waals surface area contributed by atoms with Gasteiger partial charge in [0.05, 0.1) is 11.4 Å². The molecule has 1 aliphatic rings. The molecule has 1 fully saturated rings. The molecule has 0 bridgehead atoms. The van der Waals surface area contributed by atoms with E-state index in [2.05, 4.69) is 17.0 Å². The van der Waals surface area contributed by atoms with Gasteiger partial charge in [0, 0.05) is 35.8 Å². The molecule has 24 heavy (non-hydrogen) atoms. The maximum atomic E-state index is 12.6. The topological polar surface area (TPSA) is 37.6 Å². The number of hydrogen-bond donors (Lipinski definition) is 0. The van der Waals surface area contributed by atoms with Crippen molar-refractivity contribution in [1.82, 2.24) is 9.47 Å². The molecular formula is C19H19N3OS. The first-order chi connectivity index (χ1) is 11.7. The minimum atomic E-state index is 0.0171. The van der Waals surface area contributed by atoms with Gasteiger partial charge in [-0.15, -0.1) is 6.42 Å². The van der Waals surface area contributed by atoms with E-state index in [0.717, 1.165) is 21.6 Å². The lowest BCUT2D eigenvalue weighted by molar-refractivity contribution is -0.122. The lowest BCUT2D eigenvalue weighted by atomic mass is 10.1. The van der Waals surface area contributed by atoms with E-state index in [1.54, 1.807) is 4.90 Å². The summed E-state index contributed by atoms with van der Waals surface area (Å²) in [5.74, 6) is 2.69. The quantitative estimate of drug-likeness (QED) is 0.632. The van der Waals surface area contributed by atoms with Gasteiger partial charge < -0.3 is 4.57 Å². The third kappa shape index (κ3) is 2.85. The number of fused-ring (bicyclic) bond motifs is 1. The van der Waals surface area contributed by atoms with Gasteiger partial charge in [-0.1, -0.05) is 24.1 Å². The van der Waals surface area contributed by atoms with Gasteiger partial charge in [-0.05, 0) is 37.8 Å². The van der Waals surface area contributed by atoms with E-state index >= 15 is 0 Å². The molecule has 4 nitrogen and oxygen atoms in total. The zero-order valence-corrected chi connectivity index (χ0v) is 14.6. The zero-order valence-electron chi connectivity index (χ0n) is 13.8. The third-order valence-corrected chi connectivity index (χ3v) is 4.91. The number of carbonyl (C=O) groups excluding carboxylic acids is 1. The maximum Gasteiger partial charge on any atom is 0.266 e. The lowest BCUT2D eigenvalue weighted by Crippen LogP contribution is -2.28. The van der Waals surface area contributed by atoms with Crippen molar-refractivity contribution >= 4 is 39.8 Å². The van der Waals surface area contributed by atoms with E-state index in [0.29, 0.717) is 24.5 Å². The smallest absolute Gasteiger partial charge is 0.266 e. The Balaban J connectivity index is 2.06. The van der Waals surface area contributed by atoms with Crippen LogP contribution in [0.25, 0.3) is 17.0 Å². The molecule has 2 heterocycles. The summed E-state index contributed by atoms with van der Waals surface area (Å²) in [5.41, 5.74) is 2.08. The van der Waals surface area contributed by atoms with Gasteiger partial charge in [-0.2, -0.15) is 0 Å². The number of likely N-dealkylation sites (N-methyl/N-ethyl adjacent to an activating group) is 1. The van der Waals surface area contributed by atoms with Crippen LogP contribution in [0.2, 0.25) is 0 Å². The van der Waals surface area contributed by atoms with Gasteiger partial charge in [0.2, 0.25) is 0 Å². The summed E-state index contributed by atoms with van der Waals surface area (Å²) in [5, 5.41) is 1.88. The number of terminal acetylenes is 1. The van der Waals surface area contributed by atoms with Crippen molar-refractivity contribution in [1.29, 1.82) is 0 Å². The minimum Gasteiger partial charge on any atom is -0.335 e. The molecule has 0 unspecified atom stereocenters. The molecule has 0 spiro atoms. The van der Waals surface area contributed by atoms with Crippen LogP contribution in [0.1, 0.15) is 19.4 Å². The molecule has 3 rings (SSSR count). The number of aliphatic imine (C=N–C) groups is 1. The van der Waals surface area contributed by atoms with E-state index < -0.39 is 0 Å². The molecule has 0 atom stereocenters. The van der Waals surface area contributed by atoms with E-state index in [9.17, 15) is 4.79 Å². The summed E-state index contributed by atoms with van der Waals surface area (Å²) in [6.45, 7) is 5.74.